The van der Waals surface area contributed by atoms with Crippen molar-refractivity contribution in [2.24, 2.45) is 0 Å². The molecule has 0 amide bonds. The second kappa shape index (κ2) is 9.69. The normalized spacial score (nSPS) is 15.1. The van der Waals surface area contributed by atoms with Gasteiger partial charge < -0.3 is 14.8 Å². The maximum Gasteiger partial charge on any atom is 0.269 e. The van der Waals surface area contributed by atoms with Gasteiger partial charge in [-0.1, -0.05) is 0 Å². The molecule has 1 aliphatic rings. The van der Waals surface area contributed by atoms with E-state index in [1.54, 1.807) is 6.20 Å². The van der Waals surface area contributed by atoms with Gasteiger partial charge in [-0.3, -0.25) is 9.78 Å². The van der Waals surface area contributed by atoms with Crippen LogP contribution in [-0.2, 0) is 0 Å². The van der Waals surface area contributed by atoms with Crippen molar-refractivity contribution in [2.45, 2.75) is 38.6 Å². The lowest BCUT2D eigenvalue weighted by atomic mass is 9.93. The summed E-state index contributed by atoms with van der Waals surface area (Å²) in [5, 5.41) is 3.05. The molecular formula is C26H29F2N7O. The van der Waals surface area contributed by atoms with Gasteiger partial charge in [0.1, 0.15) is 11.2 Å². The zero-order chi connectivity index (χ0) is 25.4. The van der Waals surface area contributed by atoms with Crippen LogP contribution in [0.5, 0.6) is 0 Å². The van der Waals surface area contributed by atoms with Gasteiger partial charge in [0.25, 0.3) is 5.56 Å². The molecular weight excluding hydrogens is 464 g/mol. The van der Waals surface area contributed by atoms with Crippen molar-refractivity contribution in [3.8, 4) is 11.3 Å². The predicted molar refractivity (Wildman–Crippen MR) is 136 cm³/mol. The Hall–Kier alpha value is -3.79. The summed E-state index contributed by atoms with van der Waals surface area (Å²) < 4.78 is 31.1. The van der Waals surface area contributed by atoms with Crippen LogP contribution in [0.2, 0.25) is 0 Å². The molecule has 1 N–H and O–H groups in total. The maximum atomic E-state index is 14.9. The van der Waals surface area contributed by atoms with E-state index in [4.69, 9.17) is 0 Å². The Balaban J connectivity index is 0.00000320. The van der Waals surface area contributed by atoms with Gasteiger partial charge in [0.15, 0.2) is 11.6 Å². The molecule has 1 saturated heterocycles. The average Bonchev–Trinajstić information content (AvgIpc) is 2.85. The summed E-state index contributed by atoms with van der Waals surface area (Å²) in [5.41, 5.74) is 1.74. The molecule has 4 aromatic rings. The van der Waals surface area contributed by atoms with Crippen LogP contribution < -0.4 is 10.9 Å². The van der Waals surface area contributed by atoms with E-state index in [1.807, 2.05) is 26.0 Å². The number of likely N-dealkylation sites (tertiary alicyclic amines) is 1. The fourth-order valence-electron chi connectivity index (χ4n) is 4.65. The van der Waals surface area contributed by atoms with Gasteiger partial charge in [0.05, 0.1) is 29.8 Å². The van der Waals surface area contributed by atoms with Crippen LogP contribution in [0.15, 0.2) is 47.7 Å². The number of halogens is 2. The summed E-state index contributed by atoms with van der Waals surface area (Å²) in [4.78, 5) is 31.5. The van der Waals surface area contributed by atoms with E-state index in [9.17, 15) is 13.6 Å². The van der Waals surface area contributed by atoms with Crippen molar-refractivity contribution >= 4 is 22.7 Å². The maximum absolute atomic E-state index is 14.9. The van der Waals surface area contributed by atoms with E-state index in [0.29, 0.717) is 11.6 Å². The van der Waals surface area contributed by atoms with Gasteiger partial charge in [0.2, 0.25) is 5.95 Å². The third-order valence-electron chi connectivity index (χ3n) is 6.56. The molecule has 0 radical (unpaired) electrons. The number of nitrogens with zero attached hydrogens (tertiary/aromatic N) is 6. The van der Waals surface area contributed by atoms with Gasteiger partial charge in [0, 0.05) is 24.6 Å². The number of piperidine rings is 1. The summed E-state index contributed by atoms with van der Waals surface area (Å²) in [6, 6.07) is 6.34. The summed E-state index contributed by atoms with van der Waals surface area (Å²) in [6.45, 7) is 5.73. The Kier molecular flexibility index (Phi) is 6.44. The number of anilines is 2. The third kappa shape index (κ3) is 4.68. The number of hydrogen-bond acceptors (Lipinski definition) is 7. The Bertz CT molecular complexity index is 1470. The molecule has 1 aromatic carbocycles. The standard InChI is InChI=1S/C26H27F2N7O.H2/c1-15(2)35-22-11-17(10-19(27)25(22)30-14-23(35)36)24-20(28)13-31-26(33-24)32-18-4-5-21(29-12-18)16-6-8-34(3)9-7-16;/h4-5,10-16H,6-9H2,1-3H3,(H,31,32,33);1H. The minimum atomic E-state index is -0.711. The smallest absolute Gasteiger partial charge is 0.269 e. The largest absolute Gasteiger partial charge is 0.323 e. The molecule has 0 bridgehead atoms. The number of hydrogen-bond donors (Lipinski definition) is 1. The van der Waals surface area contributed by atoms with E-state index in [1.165, 1.54) is 10.6 Å². The molecule has 0 unspecified atom stereocenters. The molecule has 1 fully saturated rings. The van der Waals surface area contributed by atoms with E-state index in [0.717, 1.165) is 50.1 Å². The highest BCUT2D eigenvalue weighted by Crippen LogP contribution is 2.29. The van der Waals surface area contributed by atoms with E-state index < -0.39 is 11.6 Å². The van der Waals surface area contributed by atoms with Crippen LogP contribution in [0.1, 0.15) is 45.8 Å². The van der Waals surface area contributed by atoms with Crippen LogP contribution >= 0.6 is 0 Å². The van der Waals surface area contributed by atoms with Crippen molar-refractivity contribution < 1.29 is 10.2 Å². The summed E-state index contributed by atoms with van der Waals surface area (Å²) >= 11 is 0. The second-order valence-corrected chi connectivity index (χ2v) is 9.45. The summed E-state index contributed by atoms with van der Waals surface area (Å²) in [6.07, 6.45) is 5.98. The van der Waals surface area contributed by atoms with Crippen molar-refractivity contribution in [3.63, 3.8) is 0 Å². The number of pyridine rings is 1. The highest BCUT2D eigenvalue weighted by molar-refractivity contribution is 5.82. The number of nitrogens with one attached hydrogen (secondary N) is 1. The Morgan fingerprint density at radius 3 is 2.50 bits per heavy atom. The molecule has 0 saturated carbocycles. The number of benzene rings is 1. The summed E-state index contributed by atoms with van der Waals surface area (Å²) in [5.74, 6) is -0.798. The Morgan fingerprint density at radius 2 is 1.81 bits per heavy atom. The van der Waals surface area contributed by atoms with Crippen LogP contribution in [0.3, 0.4) is 0 Å². The van der Waals surface area contributed by atoms with Crippen molar-refractivity contribution in [1.82, 2.24) is 29.4 Å². The van der Waals surface area contributed by atoms with Crippen molar-refractivity contribution in [3.05, 3.63) is 70.5 Å². The van der Waals surface area contributed by atoms with Gasteiger partial charge in [-0.25, -0.2) is 23.7 Å². The van der Waals surface area contributed by atoms with Crippen molar-refractivity contribution in [1.29, 1.82) is 0 Å². The highest BCUT2D eigenvalue weighted by Gasteiger charge is 2.20. The quantitative estimate of drug-likeness (QED) is 0.423. The zero-order valence-electron chi connectivity index (χ0n) is 20.4. The SMILES string of the molecule is CC(C)n1c(=O)cnc2c(F)cc(-c3nc(Nc4ccc(C5CCN(C)CC5)nc4)ncc3F)cc21.[HH]. The van der Waals surface area contributed by atoms with E-state index >= 15 is 0 Å². The first-order chi connectivity index (χ1) is 17.3. The summed E-state index contributed by atoms with van der Waals surface area (Å²) in [7, 11) is 2.12. The molecule has 0 atom stereocenters. The fourth-order valence-corrected chi connectivity index (χ4v) is 4.65. The van der Waals surface area contributed by atoms with Crippen LogP contribution in [0.25, 0.3) is 22.3 Å². The van der Waals surface area contributed by atoms with Gasteiger partial charge in [-0.2, -0.15) is 0 Å². The van der Waals surface area contributed by atoms with E-state index in [2.05, 4.69) is 37.2 Å². The van der Waals surface area contributed by atoms with E-state index in [-0.39, 0.29) is 41.3 Å². The molecule has 188 valence electrons. The first-order valence-corrected chi connectivity index (χ1v) is 12.0. The molecule has 1 aliphatic heterocycles. The zero-order valence-corrected chi connectivity index (χ0v) is 20.4. The number of aromatic nitrogens is 5. The number of rotatable bonds is 5. The van der Waals surface area contributed by atoms with Crippen LogP contribution in [0, 0.1) is 11.6 Å². The van der Waals surface area contributed by atoms with Crippen LogP contribution in [0.4, 0.5) is 20.4 Å². The predicted octanol–water partition coefficient (Wildman–Crippen LogP) is 4.91. The Labute approximate surface area is 208 Å². The number of fused-ring (bicyclic) bond motifs is 1. The monoisotopic (exact) mass is 493 g/mol. The van der Waals surface area contributed by atoms with Gasteiger partial charge in [-0.05, 0) is 71.1 Å². The molecule has 0 spiro atoms. The molecule has 10 heteroatoms. The Morgan fingerprint density at radius 1 is 1.03 bits per heavy atom. The fraction of sp³-hybridized carbons (Fsp3) is 0.346. The topological polar surface area (TPSA) is 88.8 Å². The molecule has 8 nitrogen and oxygen atoms in total. The third-order valence-corrected chi connectivity index (χ3v) is 6.56. The minimum absolute atomic E-state index is 0. The van der Waals surface area contributed by atoms with Gasteiger partial charge >= 0.3 is 0 Å². The van der Waals surface area contributed by atoms with Gasteiger partial charge in [-0.15, -0.1) is 0 Å². The molecule has 0 aliphatic carbocycles. The molecule has 36 heavy (non-hydrogen) atoms. The average molecular weight is 494 g/mol. The second-order valence-electron chi connectivity index (χ2n) is 9.45. The molecule has 4 heterocycles. The molecule has 5 rings (SSSR count). The first-order valence-electron chi connectivity index (χ1n) is 12.0. The van der Waals surface area contributed by atoms with Crippen molar-refractivity contribution in [2.75, 3.05) is 25.5 Å². The first kappa shape index (κ1) is 23.9. The minimum Gasteiger partial charge on any atom is -0.323 e. The van der Waals surface area contributed by atoms with Crippen LogP contribution in [-0.4, -0.2) is 49.5 Å². The molecule has 3 aromatic heterocycles. The lowest BCUT2D eigenvalue weighted by molar-refractivity contribution is 0.253. The lowest BCUT2D eigenvalue weighted by Gasteiger charge is -2.28. The lowest BCUT2D eigenvalue weighted by Crippen LogP contribution is -2.29. The highest BCUT2D eigenvalue weighted by atomic mass is 19.1.